The van der Waals surface area contributed by atoms with E-state index in [1.807, 2.05) is 62.4 Å². The normalized spacial score (nSPS) is 11.1. The van der Waals surface area contributed by atoms with Crippen LogP contribution in [0, 0.1) is 13.8 Å². The van der Waals surface area contributed by atoms with E-state index < -0.39 is 0 Å². The van der Waals surface area contributed by atoms with Crippen molar-refractivity contribution in [1.82, 2.24) is 19.6 Å². The summed E-state index contributed by atoms with van der Waals surface area (Å²) >= 11 is 10.8. The lowest BCUT2D eigenvalue weighted by Crippen LogP contribution is -2.14. The van der Waals surface area contributed by atoms with E-state index in [4.69, 9.17) is 11.6 Å². The van der Waals surface area contributed by atoms with E-state index in [-0.39, 0.29) is 11.7 Å². The van der Waals surface area contributed by atoms with Crippen LogP contribution in [0.2, 0.25) is 5.02 Å². The molecule has 1 amide bonds. The largest absolute Gasteiger partial charge is 0.325 e. The number of anilines is 1. The predicted molar refractivity (Wildman–Crippen MR) is 128 cm³/mol. The van der Waals surface area contributed by atoms with Gasteiger partial charge in [-0.05, 0) is 61.4 Å². The molecule has 9 heteroatoms. The molecule has 158 valence electrons. The first kappa shape index (κ1) is 21.8. The van der Waals surface area contributed by atoms with E-state index in [9.17, 15) is 4.79 Å². The van der Waals surface area contributed by atoms with Crippen molar-refractivity contribution in [2.24, 2.45) is 0 Å². The van der Waals surface area contributed by atoms with E-state index in [2.05, 4.69) is 36.3 Å². The highest BCUT2D eigenvalue weighted by molar-refractivity contribution is 9.10. The van der Waals surface area contributed by atoms with E-state index in [1.165, 1.54) is 11.8 Å². The maximum Gasteiger partial charge on any atom is 0.253 e. The Balaban J connectivity index is 1.49. The monoisotopic (exact) mass is 515 g/mol. The van der Waals surface area contributed by atoms with Gasteiger partial charge in [-0.1, -0.05) is 51.4 Å². The molecule has 0 unspecified atom stereocenters. The fraction of sp³-hybridized carbons (Fsp3) is 0.182. The number of carbonyl (C=O) groups excluding carboxylic acids is 1. The Hall–Kier alpha value is -2.42. The Bertz CT molecular complexity index is 1260. The van der Waals surface area contributed by atoms with Gasteiger partial charge in [0.1, 0.15) is 0 Å². The van der Waals surface area contributed by atoms with Crippen LogP contribution in [0.1, 0.15) is 22.5 Å². The Labute approximate surface area is 197 Å². The number of hydrogen-bond acceptors (Lipinski definition) is 5. The summed E-state index contributed by atoms with van der Waals surface area (Å²) in [5.74, 6) is 0.620. The van der Waals surface area contributed by atoms with Crippen LogP contribution >= 0.6 is 39.3 Å². The molecule has 6 nitrogen and oxygen atoms in total. The van der Waals surface area contributed by atoms with Crippen LogP contribution in [0.15, 0.2) is 58.2 Å². The number of amides is 1. The summed E-state index contributed by atoms with van der Waals surface area (Å²) < 4.78 is 2.70. The average Bonchev–Trinajstić information content (AvgIpc) is 3.14. The third-order valence-corrected chi connectivity index (χ3v) is 6.36. The highest BCUT2D eigenvalue weighted by Crippen LogP contribution is 2.22. The van der Waals surface area contributed by atoms with Gasteiger partial charge >= 0.3 is 0 Å². The fourth-order valence-corrected chi connectivity index (χ4v) is 4.31. The molecular weight excluding hydrogens is 498 g/mol. The number of halogens is 2. The van der Waals surface area contributed by atoms with Crippen LogP contribution in [0.4, 0.5) is 5.69 Å². The number of hydrogen-bond donors (Lipinski definition) is 1. The summed E-state index contributed by atoms with van der Waals surface area (Å²) in [6, 6.07) is 15.2. The van der Waals surface area contributed by atoms with Gasteiger partial charge in [0.25, 0.3) is 5.78 Å². The molecule has 0 saturated carbocycles. The third kappa shape index (κ3) is 5.26. The molecule has 0 spiro atoms. The Kier molecular flexibility index (Phi) is 6.60. The molecule has 0 radical (unpaired) electrons. The molecule has 4 rings (SSSR count). The lowest BCUT2D eigenvalue weighted by atomic mass is 10.0. The van der Waals surface area contributed by atoms with E-state index in [1.54, 1.807) is 4.52 Å². The standard InChI is InChI=1S/C22H19BrClN5OS/c1-13-19(11-15-4-3-5-17(24)10-15)14(2)29-21(25-13)27-22(28-29)31-12-20(30)26-18-8-6-16(23)7-9-18/h3-10H,11-12H2,1-2H3,(H,26,30). The molecule has 0 saturated heterocycles. The maximum atomic E-state index is 12.3. The number of nitrogens with zero attached hydrogens (tertiary/aromatic N) is 4. The minimum Gasteiger partial charge on any atom is -0.325 e. The topological polar surface area (TPSA) is 72.2 Å². The zero-order valence-corrected chi connectivity index (χ0v) is 20.1. The van der Waals surface area contributed by atoms with Gasteiger partial charge in [0.2, 0.25) is 11.1 Å². The number of fused-ring (bicyclic) bond motifs is 1. The summed E-state index contributed by atoms with van der Waals surface area (Å²) in [7, 11) is 0. The first-order valence-corrected chi connectivity index (χ1v) is 11.7. The van der Waals surface area contributed by atoms with Gasteiger partial charge in [0.05, 0.1) is 5.75 Å². The second kappa shape index (κ2) is 9.38. The average molecular weight is 517 g/mol. The van der Waals surface area contributed by atoms with E-state index >= 15 is 0 Å². The summed E-state index contributed by atoms with van der Waals surface area (Å²) in [6.07, 6.45) is 0.707. The van der Waals surface area contributed by atoms with Crippen LogP contribution in [-0.4, -0.2) is 31.2 Å². The molecule has 31 heavy (non-hydrogen) atoms. The van der Waals surface area contributed by atoms with Crippen LogP contribution in [0.25, 0.3) is 5.78 Å². The first-order chi connectivity index (χ1) is 14.9. The van der Waals surface area contributed by atoms with Gasteiger partial charge in [-0.3, -0.25) is 4.79 Å². The number of aromatic nitrogens is 4. The number of thioether (sulfide) groups is 1. The quantitative estimate of drug-likeness (QED) is 0.344. The third-order valence-electron chi connectivity index (χ3n) is 4.76. The van der Waals surface area contributed by atoms with Crippen molar-refractivity contribution in [1.29, 1.82) is 0 Å². The summed E-state index contributed by atoms with van der Waals surface area (Å²) in [6.45, 7) is 3.98. The molecule has 0 aliphatic heterocycles. The van der Waals surface area contributed by atoms with Gasteiger partial charge in [0, 0.05) is 33.0 Å². The first-order valence-electron chi connectivity index (χ1n) is 9.54. The zero-order chi connectivity index (χ0) is 22.0. The zero-order valence-electron chi connectivity index (χ0n) is 16.9. The second-order valence-corrected chi connectivity index (χ2v) is 9.31. The number of benzene rings is 2. The Morgan fingerprint density at radius 2 is 1.94 bits per heavy atom. The fourth-order valence-electron chi connectivity index (χ4n) is 3.22. The van der Waals surface area contributed by atoms with Crippen molar-refractivity contribution < 1.29 is 4.79 Å². The molecule has 1 N–H and O–H groups in total. The molecule has 2 aromatic heterocycles. The van der Waals surface area contributed by atoms with E-state index in [0.29, 0.717) is 22.4 Å². The summed E-state index contributed by atoms with van der Waals surface area (Å²) in [5, 5.41) is 8.65. The molecule has 2 heterocycles. The number of aryl methyl sites for hydroxylation is 2. The van der Waals surface area contributed by atoms with Crippen molar-refractivity contribution >= 4 is 56.7 Å². The van der Waals surface area contributed by atoms with Crippen molar-refractivity contribution in [3.63, 3.8) is 0 Å². The summed E-state index contributed by atoms with van der Waals surface area (Å²) in [5.41, 5.74) is 4.82. The van der Waals surface area contributed by atoms with Gasteiger partial charge in [-0.25, -0.2) is 9.50 Å². The maximum absolute atomic E-state index is 12.3. The van der Waals surface area contributed by atoms with Gasteiger partial charge in [-0.15, -0.1) is 5.10 Å². The molecular formula is C22H19BrClN5OS. The van der Waals surface area contributed by atoms with Gasteiger partial charge in [0.15, 0.2) is 0 Å². The minimum atomic E-state index is -0.117. The molecule has 0 aliphatic carbocycles. The van der Waals surface area contributed by atoms with Crippen LogP contribution < -0.4 is 5.32 Å². The molecule has 2 aromatic carbocycles. The van der Waals surface area contributed by atoms with Gasteiger partial charge in [-0.2, -0.15) is 4.98 Å². The Morgan fingerprint density at radius 1 is 1.16 bits per heavy atom. The Morgan fingerprint density at radius 3 is 2.68 bits per heavy atom. The smallest absolute Gasteiger partial charge is 0.253 e. The van der Waals surface area contributed by atoms with Crippen molar-refractivity contribution in [2.75, 3.05) is 11.1 Å². The van der Waals surface area contributed by atoms with Crippen LogP contribution in [0.3, 0.4) is 0 Å². The summed E-state index contributed by atoms with van der Waals surface area (Å²) in [4.78, 5) is 21.4. The molecule has 0 atom stereocenters. The molecule has 0 fully saturated rings. The lowest BCUT2D eigenvalue weighted by Gasteiger charge is -2.10. The lowest BCUT2D eigenvalue weighted by molar-refractivity contribution is -0.113. The second-order valence-electron chi connectivity index (χ2n) is 7.02. The van der Waals surface area contributed by atoms with Crippen LogP contribution in [-0.2, 0) is 11.2 Å². The van der Waals surface area contributed by atoms with Crippen molar-refractivity contribution in [2.45, 2.75) is 25.4 Å². The molecule has 0 aliphatic rings. The SMILES string of the molecule is Cc1nc2nc(SCC(=O)Nc3ccc(Br)cc3)nn2c(C)c1Cc1cccc(Cl)c1. The highest BCUT2D eigenvalue weighted by atomic mass is 79.9. The van der Waals surface area contributed by atoms with E-state index in [0.717, 1.165) is 32.7 Å². The highest BCUT2D eigenvalue weighted by Gasteiger charge is 2.15. The molecule has 4 aromatic rings. The number of rotatable bonds is 6. The number of nitrogens with one attached hydrogen (secondary N) is 1. The number of carbonyl (C=O) groups is 1. The molecule has 0 bridgehead atoms. The van der Waals surface area contributed by atoms with Crippen LogP contribution in [0.5, 0.6) is 0 Å². The minimum absolute atomic E-state index is 0.117. The van der Waals surface area contributed by atoms with Crippen molar-refractivity contribution in [3.8, 4) is 0 Å². The van der Waals surface area contributed by atoms with Gasteiger partial charge < -0.3 is 5.32 Å². The van der Waals surface area contributed by atoms with Crippen molar-refractivity contribution in [3.05, 3.63) is 80.5 Å². The predicted octanol–water partition coefficient (Wildman–Crippen LogP) is 5.48.